The fourth-order valence-corrected chi connectivity index (χ4v) is 2.73. The monoisotopic (exact) mass is 393 g/mol. The number of rotatable bonds is 5. The molecule has 0 bridgehead atoms. The van der Waals surface area contributed by atoms with E-state index in [2.05, 4.69) is 22.6 Å². The van der Waals surface area contributed by atoms with Gasteiger partial charge in [-0.25, -0.2) is 0 Å². The lowest BCUT2D eigenvalue weighted by Gasteiger charge is -2.24. The van der Waals surface area contributed by atoms with E-state index in [-0.39, 0.29) is 18.1 Å². The lowest BCUT2D eigenvalue weighted by atomic mass is 10.1. The topological polar surface area (TPSA) is 37.4 Å². The van der Waals surface area contributed by atoms with Crippen molar-refractivity contribution in [3.8, 4) is 0 Å². The smallest absolute Gasteiger partial charge is 0.234 e. The Bertz CT molecular complexity index is 640. The van der Waals surface area contributed by atoms with Gasteiger partial charge in [-0.1, -0.05) is 42.5 Å². The molecule has 3 nitrogen and oxygen atoms in total. The Kier molecular flexibility index (Phi) is 5.50. The standard InChI is InChI=1S/C17H16INO2/c1-13(20)11-17(21)19(12-14-7-3-2-4-8-14)16-10-6-5-9-15(16)18/h2-10H,11-12H2,1H3. The van der Waals surface area contributed by atoms with Crippen LogP contribution in [0.5, 0.6) is 0 Å². The van der Waals surface area contributed by atoms with E-state index < -0.39 is 0 Å². The predicted molar refractivity (Wildman–Crippen MR) is 92.1 cm³/mol. The van der Waals surface area contributed by atoms with Crippen molar-refractivity contribution in [2.24, 2.45) is 0 Å². The zero-order valence-electron chi connectivity index (χ0n) is 11.8. The first-order chi connectivity index (χ1) is 10.1. The minimum Gasteiger partial charge on any atom is -0.307 e. The summed E-state index contributed by atoms with van der Waals surface area (Å²) >= 11 is 2.21. The van der Waals surface area contributed by atoms with Gasteiger partial charge in [0.15, 0.2) is 0 Å². The zero-order chi connectivity index (χ0) is 15.2. The molecular formula is C17H16INO2. The van der Waals surface area contributed by atoms with Gasteiger partial charge in [-0.05, 0) is 47.2 Å². The van der Waals surface area contributed by atoms with E-state index in [1.165, 1.54) is 6.92 Å². The van der Waals surface area contributed by atoms with Gasteiger partial charge < -0.3 is 4.90 Å². The Morgan fingerprint density at radius 2 is 1.62 bits per heavy atom. The van der Waals surface area contributed by atoms with Gasteiger partial charge in [0.25, 0.3) is 0 Å². The molecule has 0 aromatic heterocycles. The van der Waals surface area contributed by atoms with E-state index >= 15 is 0 Å². The van der Waals surface area contributed by atoms with Crippen molar-refractivity contribution in [2.75, 3.05) is 4.90 Å². The molecule has 0 spiro atoms. The molecule has 0 saturated heterocycles. The van der Waals surface area contributed by atoms with Crippen LogP contribution < -0.4 is 4.90 Å². The number of nitrogens with zero attached hydrogens (tertiary/aromatic N) is 1. The van der Waals surface area contributed by atoms with E-state index in [4.69, 9.17) is 0 Å². The molecule has 0 radical (unpaired) electrons. The molecule has 2 aromatic carbocycles. The number of hydrogen-bond donors (Lipinski definition) is 0. The van der Waals surface area contributed by atoms with Crippen LogP contribution in [0.25, 0.3) is 0 Å². The third kappa shape index (κ3) is 4.39. The summed E-state index contributed by atoms with van der Waals surface area (Å²) in [6.07, 6.45) is -0.0716. The molecule has 108 valence electrons. The summed E-state index contributed by atoms with van der Waals surface area (Å²) in [6.45, 7) is 1.90. The van der Waals surface area contributed by atoms with E-state index in [0.717, 1.165) is 14.8 Å². The molecule has 0 fully saturated rings. The van der Waals surface area contributed by atoms with Gasteiger partial charge in [-0.3, -0.25) is 9.59 Å². The van der Waals surface area contributed by atoms with Crippen molar-refractivity contribution in [2.45, 2.75) is 19.9 Å². The number of benzene rings is 2. The number of ketones is 1. The molecule has 0 unspecified atom stereocenters. The Morgan fingerprint density at radius 3 is 2.24 bits per heavy atom. The summed E-state index contributed by atoms with van der Waals surface area (Å²) in [5, 5.41) is 0. The summed E-state index contributed by atoms with van der Waals surface area (Å²) in [6, 6.07) is 17.5. The van der Waals surface area contributed by atoms with Crippen LogP contribution in [0.4, 0.5) is 5.69 Å². The van der Waals surface area contributed by atoms with Crippen molar-refractivity contribution in [1.82, 2.24) is 0 Å². The van der Waals surface area contributed by atoms with E-state index in [9.17, 15) is 9.59 Å². The van der Waals surface area contributed by atoms with Gasteiger partial charge in [0, 0.05) is 3.57 Å². The lowest BCUT2D eigenvalue weighted by molar-refractivity contribution is -0.125. The highest BCUT2D eigenvalue weighted by atomic mass is 127. The lowest BCUT2D eigenvalue weighted by Crippen LogP contribution is -2.32. The second-order valence-corrected chi connectivity index (χ2v) is 5.96. The SMILES string of the molecule is CC(=O)CC(=O)N(Cc1ccccc1)c1ccccc1I. The Morgan fingerprint density at radius 1 is 1.00 bits per heavy atom. The van der Waals surface area contributed by atoms with Gasteiger partial charge >= 0.3 is 0 Å². The normalized spacial score (nSPS) is 10.2. The molecule has 1 amide bonds. The second kappa shape index (κ2) is 7.36. The molecule has 0 aliphatic rings. The van der Waals surface area contributed by atoms with Gasteiger partial charge in [0.1, 0.15) is 5.78 Å². The average molecular weight is 393 g/mol. The summed E-state index contributed by atoms with van der Waals surface area (Å²) in [4.78, 5) is 25.4. The summed E-state index contributed by atoms with van der Waals surface area (Å²) in [7, 11) is 0. The van der Waals surface area contributed by atoms with Crippen molar-refractivity contribution in [3.05, 3.63) is 63.7 Å². The predicted octanol–water partition coefficient (Wildman–Crippen LogP) is 3.80. The molecule has 4 heteroatoms. The molecule has 2 aromatic rings. The van der Waals surface area contributed by atoms with Crippen molar-refractivity contribution < 1.29 is 9.59 Å². The van der Waals surface area contributed by atoms with Crippen molar-refractivity contribution >= 4 is 40.0 Å². The molecule has 0 N–H and O–H groups in total. The van der Waals surface area contributed by atoms with Crippen LogP contribution in [0.1, 0.15) is 18.9 Å². The third-order valence-electron chi connectivity index (χ3n) is 3.03. The first-order valence-electron chi connectivity index (χ1n) is 6.66. The zero-order valence-corrected chi connectivity index (χ0v) is 13.9. The maximum Gasteiger partial charge on any atom is 0.234 e. The Labute approximate surface area is 138 Å². The van der Waals surface area contributed by atoms with Gasteiger partial charge in [0.2, 0.25) is 5.91 Å². The summed E-state index contributed by atoms with van der Waals surface area (Å²) in [5.41, 5.74) is 1.88. The number of Topliss-reactive ketones (excluding diaryl/α,β-unsaturated/α-hetero) is 1. The summed E-state index contributed by atoms with van der Waals surface area (Å²) < 4.78 is 0.989. The molecule has 0 aliphatic carbocycles. The van der Waals surface area contributed by atoms with Crippen LogP contribution in [0.2, 0.25) is 0 Å². The number of carbonyl (C=O) groups excluding carboxylic acids is 2. The molecule has 2 rings (SSSR count). The van der Waals surface area contributed by atoms with Gasteiger partial charge in [-0.2, -0.15) is 0 Å². The largest absolute Gasteiger partial charge is 0.307 e. The Hall–Kier alpha value is -1.69. The summed E-state index contributed by atoms with van der Waals surface area (Å²) in [5.74, 6) is -0.292. The number of halogens is 1. The number of hydrogen-bond acceptors (Lipinski definition) is 2. The number of anilines is 1. The van der Waals surface area contributed by atoms with E-state index in [1.54, 1.807) is 4.90 Å². The minimum absolute atomic E-state index is 0.0716. The van der Waals surface area contributed by atoms with E-state index in [1.807, 2.05) is 54.6 Å². The Balaban J connectivity index is 2.33. The molecular weight excluding hydrogens is 377 g/mol. The van der Waals surface area contributed by atoms with Crippen LogP contribution in [-0.4, -0.2) is 11.7 Å². The number of para-hydroxylation sites is 1. The highest BCUT2D eigenvalue weighted by Gasteiger charge is 2.19. The van der Waals surface area contributed by atoms with E-state index in [0.29, 0.717) is 6.54 Å². The first-order valence-corrected chi connectivity index (χ1v) is 7.74. The molecule has 0 aliphatic heterocycles. The second-order valence-electron chi connectivity index (χ2n) is 4.80. The van der Waals surface area contributed by atoms with Crippen LogP contribution >= 0.6 is 22.6 Å². The third-order valence-corrected chi connectivity index (χ3v) is 3.94. The maximum atomic E-state index is 12.4. The first kappa shape index (κ1) is 15.7. The molecule has 0 heterocycles. The molecule has 0 atom stereocenters. The molecule has 0 saturated carbocycles. The highest BCUT2D eigenvalue weighted by molar-refractivity contribution is 14.1. The van der Waals surface area contributed by atoms with Gasteiger partial charge in [0.05, 0.1) is 18.7 Å². The van der Waals surface area contributed by atoms with Crippen LogP contribution in [0, 0.1) is 3.57 Å². The average Bonchev–Trinajstić information content (AvgIpc) is 2.46. The van der Waals surface area contributed by atoms with Crippen LogP contribution in [0.15, 0.2) is 54.6 Å². The van der Waals surface area contributed by atoms with Crippen LogP contribution in [0.3, 0.4) is 0 Å². The highest BCUT2D eigenvalue weighted by Crippen LogP contribution is 2.24. The minimum atomic E-state index is -0.171. The number of amides is 1. The number of carbonyl (C=O) groups is 2. The van der Waals surface area contributed by atoms with Gasteiger partial charge in [-0.15, -0.1) is 0 Å². The quantitative estimate of drug-likeness (QED) is 0.573. The fourth-order valence-electron chi connectivity index (χ4n) is 2.05. The fraction of sp³-hybridized carbons (Fsp3) is 0.176. The van der Waals surface area contributed by atoms with Crippen molar-refractivity contribution in [3.63, 3.8) is 0 Å². The maximum absolute atomic E-state index is 12.4. The van der Waals surface area contributed by atoms with Crippen molar-refractivity contribution in [1.29, 1.82) is 0 Å². The van der Waals surface area contributed by atoms with Crippen LogP contribution in [-0.2, 0) is 16.1 Å². The molecule has 21 heavy (non-hydrogen) atoms.